The molecular formula is C19H18Cl2N2O3. The Hall–Kier alpha value is -2.24. The van der Waals surface area contributed by atoms with Gasteiger partial charge in [0.15, 0.2) is 0 Å². The van der Waals surface area contributed by atoms with Gasteiger partial charge in [0.2, 0.25) is 11.8 Å². The summed E-state index contributed by atoms with van der Waals surface area (Å²) in [6.07, 6.45) is 0.133. The highest BCUT2D eigenvalue weighted by Gasteiger charge is 2.36. The molecule has 0 radical (unpaired) electrons. The van der Waals surface area contributed by atoms with E-state index in [-0.39, 0.29) is 24.8 Å². The average Bonchev–Trinajstić information content (AvgIpc) is 2.99. The van der Waals surface area contributed by atoms with Crippen molar-refractivity contribution in [1.29, 1.82) is 0 Å². The molecule has 2 aromatic carbocycles. The normalized spacial score (nSPS) is 16.7. The quantitative estimate of drug-likeness (QED) is 0.843. The first-order chi connectivity index (χ1) is 12.4. The number of benzene rings is 2. The van der Waals surface area contributed by atoms with E-state index in [4.69, 9.17) is 27.9 Å². The Labute approximate surface area is 161 Å². The molecule has 136 valence electrons. The van der Waals surface area contributed by atoms with E-state index in [0.717, 1.165) is 5.56 Å². The van der Waals surface area contributed by atoms with E-state index < -0.39 is 5.92 Å². The van der Waals surface area contributed by atoms with Crippen LogP contribution < -0.4 is 15.0 Å². The van der Waals surface area contributed by atoms with Gasteiger partial charge in [0.25, 0.3) is 0 Å². The molecule has 5 nitrogen and oxygen atoms in total. The largest absolute Gasteiger partial charge is 0.495 e. The van der Waals surface area contributed by atoms with Crippen molar-refractivity contribution in [3.8, 4) is 5.75 Å². The summed E-state index contributed by atoms with van der Waals surface area (Å²) < 4.78 is 5.31. The molecule has 1 aliphatic heterocycles. The number of carbonyl (C=O) groups is 2. The van der Waals surface area contributed by atoms with Gasteiger partial charge in [-0.3, -0.25) is 9.59 Å². The number of nitrogens with zero attached hydrogens (tertiary/aromatic N) is 1. The molecule has 2 amide bonds. The Morgan fingerprint density at radius 1 is 1.19 bits per heavy atom. The standard InChI is InChI=1S/C19H18Cl2N2O3/c1-11-7-13(20)3-5-15(11)22-19(25)12-8-18(24)23(10-12)16-9-14(21)4-6-17(16)26-2/h3-7,9,12H,8,10H2,1-2H3,(H,22,25)/t12-/m0/s1. The van der Waals surface area contributed by atoms with Crippen molar-refractivity contribution in [2.75, 3.05) is 23.9 Å². The number of nitrogens with one attached hydrogen (secondary N) is 1. The van der Waals surface area contributed by atoms with Crippen molar-refractivity contribution in [3.63, 3.8) is 0 Å². The van der Waals surface area contributed by atoms with Gasteiger partial charge in [-0.15, -0.1) is 0 Å². The van der Waals surface area contributed by atoms with Crippen molar-refractivity contribution in [3.05, 3.63) is 52.0 Å². The maximum absolute atomic E-state index is 12.6. The Balaban J connectivity index is 1.77. The smallest absolute Gasteiger partial charge is 0.229 e. The van der Waals surface area contributed by atoms with Crippen LogP contribution in [0.4, 0.5) is 11.4 Å². The lowest BCUT2D eigenvalue weighted by Crippen LogP contribution is -2.28. The first-order valence-electron chi connectivity index (χ1n) is 8.10. The van der Waals surface area contributed by atoms with Gasteiger partial charge < -0.3 is 15.0 Å². The lowest BCUT2D eigenvalue weighted by Gasteiger charge is -2.20. The number of carbonyl (C=O) groups excluding carboxylic acids is 2. The van der Waals surface area contributed by atoms with Crippen LogP contribution in [-0.4, -0.2) is 25.5 Å². The van der Waals surface area contributed by atoms with Crippen molar-refractivity contribution < 1.29 is 14.3 Å². The number of aryl methyl sites for hydroxylation is 1. The fourth-order valence-electron chi connectivity index (χ4n) is 2.99. The molecule has 1 N–H and O–H groups in total. The van der Waals surface area contributed by atoms with Crippen LogP contribution in [0.25, 0.3) is 0 Å². The summed E-state index contributed by atoms with van der Waals surface area (Å²) in [5.74, 6) is -0.260. The van der Waals surface area contributed by atoms with Crippen LogP contribution in [0.5, 0.6) is 5.75 Å². The summed E-state index contributed by atoms with van der Waals surface area (Å²) in [6, 6.07) is 10.3. The fraction of sp³-hybridized carbons (Fsp3) is 0.263. The van der Waals surface area contributed by atoms with Gasteiger partial charge >= 0.3 is 0 Å². The van der Waals surface area contributed by atoms with E-state index >= 15 is 0 Å². The van der Waals surface area contributed by atoms with Crippen molar-refractivity contribution in [2.45, 2.75) is 13.3 Å². The summed E-state index contributed by atoms with van der Waals surface area (Å²) >= 11 is 12.0. The van der Waals surface area contributed by atoms with E-state index in [0.29, 0.717) is 27.2 Å². The highest BCUT2D eigenvalue weighted by atomic mass is 35.5. The van der Waals surface area contributed by atoms with Crippen molar-refractivity contribution in [1.82, 2.24) is 0 Å². The minimum atomic E-state index is -0.457. The summed E-state index contributed by atoms with van der Waals surface area (Å²) in [5.41, 5.74) is 2.12. The number of ether oxygens (including phenoxy) is 1. The van der Waals surface area contributed by atoms with Crippen molar-refractivity contribution in [2.24, 2.45) is 5.92 Å². The van der Waals surface area contributed by atoms with Gasteiger partial charge in [0, 0.05) is 28.7 Å². The molecule has 0 spiro atoms. The number of halogens is 2. The third kappa shape index (κ3) is 3.79. The topological polar surface area (TPSA) is 58.6 Å². The number of hydrogen-bond donors (Lipinski definition) is 1. The number of anilines is 2. The maximum Gasteiger partial charge on any atom is 0.229 e. The highest BCUT2D eigenvalue weighted by molar-refractivity contribution is 6.31. The Kier molecular flexibility index (Phi) is 5.39. The predicted octanol–water partition coefficient (Wildman–Crippen LogP) is 4.30. The molecule has 1 fully saturated rings. The average molecular weight is 393 g/mol. The molecule has 0 aromatic heterocycles. The number of hydrogen-bond acceptors (Lipinski definition) is 3. The van der Waals surface area contributed by atoms with E-state index in [1.807, 2.05) is 6.92 Å². The molecule has 0 bridgehead atoms. The zero-order valence-electron chi connectivity index (χ0n) is 14.4. The first kappa shape index (κ1) is 18.5. The molecule has 1 aliphatic rings. The SMILES string of the molecule is COc1ccc(Cl)cc1N1C[C@@H](C(=O)Nc2ccc(Cl)cc2C)CC1=O. The van der Waals surface area contributed by atoms with E-state index in [2.05, 4.69) is 5.32 Å². The van der Waals surface area contributed by atoms with E-state index in [9.17, 15) is 9.59 Å². The van der Waals surface area contributed by atoms with Crippen LogP contribution in [0.1, 0.15) is 12.0 Å². The molecule has 7 heteroatoms. The van der Waals surface area contributed by atoms with Crippen LogP contribution in [0.3, 0.4) is 0 Å². The molecule has 1 heterocycles. The zero-order valence-corrected chi connectivity index (χ0v) is 15.9. The molecule has 26 heavy (non-hydrogen) atoms. The van der Waals surface area contributed by atoms with Crippen LogP contribution in [-0.2, 0) is 9.59 Å². The molecule has 2 aromatic rings. The van der Waals surface area contributed by atoms with E-state index in [1.165, 1.54) is 7.11 Å². The number of amides is 2. The summed E-state index contributed by atoms with van der Waals surface area (Å²) in [7, 11) is 1.53. The van der Waals surface area contributed by atoms with Gasteiger partial charge in [0.1, 0.15) is 5.75 Å². The zero-order chi connectivity index (χ0) is 18.8. The minimum Gasteiger partial charge on any atom is -0.495 e. The third-order valence-electron chi connectivity index (χ3n) is 4.37. The minimum absolute atomic E-state index is 0.133. The van der Waals surface area contributed by atoms with Crippen LogP contribution in [0.2, 0.25) is 10.0 Å². The molecule has 0 aliphatic carbocycles. The second-order valence-corrected chi connectivity index (χ2v) is 7.04. The van der Waals surface area contributed by atoms with Gasteiger partial charge in [0.05, 0.1) is 18.7 Å². The van der Waals surface area contributed by atoms with Crippen LogP contribution in [0.15, 0.2) is 36.4 Å². The number of methoxy groups -OCH3 is 1. The van der Waals surface area contributed by atoms with Gasteiger partial charge in [-0.05, 0) is 48.9 Å². The van der Waals surface area contributed by atoms with E-state index in [1.54, 1.807) is 41.3 Å². The molecule has 1 saturated heterocycles. The fourth-order valence-corrected chi connectivity index (χ4v) is 3.39. The summed E-state index contributed by atoms with van der Waals surface area (Å²) in [5, 5.41) is 3.98. The van der Waals surface area contributed by atoms with Crippen LogP contribution in [0, 0.1) is 12.8 Å². The lowest BCUT2D eigenvalue weighted by molar-refractivity contribution is -0.122. The van der Waals surface area contributed by atoms with Gasteiger partial charge in [-0.1, -0.05) is 23.2 Å². The third-order valence-corrected chi connectivity index (χ3v) is 4.84. The second kappa shape index (κ2) is 7.56. The van der Waals surface area contributed by atoms with Crippen LogP contribution >= 0.6 is 23.2 Å². The lowest BCUT2D eigenvalue weighted by atomic mass is 10.1. The maximum atomic E-state index is 12.6. The second-order valence-electron chi connectivity index (χ2n) is 6.17. The number of rotatable bonds is 4. The molecule has 3 rings (SSSR count). The molecular weight excluding hydrogens is 375 g/mol. The summed E-state index contributed by atoms with van der Waals surface area (Å²) in [6.45, 7) is 2.14. The molecule has 0 unspecified atom stereocenters. The monoisotopic (exact) mass is 392 g/mol. The van der Waals surface area contributed by atoms with Gasteiger partial charge in [-0.25, -0.2) is 0 Å². The Morgan fingerprint density at radius 3 is 2.58 bits per heavy atom. The molecule has 0 saturated carbocycles. The predicted molar refractivity (Wildman–Crippen MR) is 103 cm³/mol. The molecule has 1 atom stereocenters. The first-order valence-corrected chi connectivity index (χ1v) is 8.85. The van der Waals surface area contributed by atoms with Gasteiger partial charge in [-0.2, -0.15) is 0 Å². The Morgan fingerprint density at radius 2 is 1.88 bits per heavy atom. The van der Waals surface area contributed by atoms with Crippen molar-refractivity contribution >= 4 is 46.4 Å². The highest BCUT2D eigenvalue weighted by Crippen LogP contribution is 2.35. The summed E-state index contributed by atoms with van der Waals surface area (Å²) in [4.78, 5) is 26.6. The Bertz CT molecular complexity index is 870.